The van der Waals surface area contributed by atoms with Crippen LogP contribution in [0.25, 0.3) is 0 Å². The average Bonchev–Trinajstić information content (AvgIpc) is 2.56. The second kappa shape index (κ2) is 7.62. The van der Waals surface area contributed by atoms with Gasteiger partial charge in [0, 0.05) is 11.8 Å². The molecule has 2 amide bonds. The molecule has 6 nitrogen and oxygen atoms in total. The number of anilines is 2. The quantitative estimate of drug-likeness (QED) is 0.783. The van der Waals surface area contributed by atoms with Crippen LogP contribution in [-0.2, 0) is 4.79 Å². The van der Waals surface area contributed by atoms with Gasteiger partial charge in [-0.05, 0) is 24.3 Å². The average molecular weight is 334 g/mol. The fourth-order valence-corrected chi connectivity index (χ4v) is 2.14. The SMILES string of the molecule is COc1cc(NC(=O)CN)ccc1NC(=O)c1ccccc1Cl. The van der Waals surface area contributed by atoms with Crippen LogP contribution in [0, 0.1) is 0 Å². The van der Waals surface area contributed by atoms with Gasteiger partial charge in [-0.1, -0.05) is 23.7 Å². The molecule has 0 unspecified atom stereocenters. The fraction of sp³-hybridized carbons (Fsp3) is 0.125. The minimum absolute atomic E-state index is 0.118. The highest BCUT2D eigenvalue weighted by molar-refractivity contribution is 6.34. The van der Waals surface area contributed by atoms with Gasteiger partial charge in [0.05, 0.1) is 29.9 Å². The second-order valence-corrected chi connectivity index (χ2v) is 5.01. The van der Waals surface area contributed by atoms with E-state index < -0.39 is 0 Å². The molecule has 23 heavy (non-hydrogen) atoms. The van der Waals surface area contributed by atoms with E-state index in [4.69, 9.17) is 22.1 Å². The van der Waals surface area contributed by atoms with Crippen LogP contribution in [0.3, 0.4) is 0 Å². The van der Waals surface area contributed by atoms with Gasteiger partial charge in [0.1, 0.15) is 5.75 Å². The van der Waals surface area contributed by atoms with Crippen LogP contribution < -0.4 is 21.1 Å². The minimum Gasteiger partial charge on any atom is -0.494 e. The van der Waals surface area contributed by atoms with E-state index in [0.717, 1.165) is 0 Å². The zero-order valence-corrected chi connectivity index (χ0v) is 13.2. The van der Waals surface area contributed by atoms with Gasteiger partial charge in [-0.25, -0.2) is 0 Å². The summed E-state index contributed by atoms with van der Waals surface area (Å²) in [5.41, 5.74) is 6.59. The molecule has 0 aliphatic carbocycles. The Bertz CT molecular complexity index is 734. The van der Waals surface area contributed by atoms with Crippen molar-refractivity contribution < 1.29 is 14.3 Å². The van der Waals surface area contributed by atoms with Crippen LogP contribution in [0.15, 0.2) is 42.5 Å². The maximum Gasteiger partial charge on any atom is 0.257 e. The maximum atomic E-state index is 12.3. The first-order valence-corrected chi connectivity index (χ1v) is 7.16. The van der Waals surface area contributed by atoms with E-state index in [1.165, 1.54) is 7.11 Å². The Kier molecular flexibility index (Phi) is 5.56. The number of halogens is 1. The van der Waals surface area contributed by atoms with Crippen molar-refractivity contribution >= 4 is 34.8 Å². The van der Waals surface area contributed by atoms with E-state index in [-0.39, 0.29) is 18.4 Å². The summed E-state index contributed by atoms with van der Waals surface area (Å²) in [4.78, 5) is 23.6. The third-order valence-corrected chi connectivity index (χ3v) is 3.37. The highest BCUT2D eigenvalue weighted by Gasteiger charge is 2.13. The smallest absolute Gasteiger partial charge is 0.257 e. The zero-order valence-electron chi connectivity index (χ0n) is 12.4. The Morgan fingerprint density at radius 2 is 1.91 bits per heavy atom. The molecule has 2 aromatic rings. The zero-order chi connectivity index (χ0) is 16.8. The molecule has 0 aliphatic heterocycles. The molecule has 0 atom stereocenters. The summed E-state index contributed by atoms with van der Waals surface area (Å²) in [6.45, 7) is -0.118. The van der Waals surface area contributed by atoms with Gasteiger partial charge in [-0.15, -0.1) is 0 Å². The van der Waals surface area contributed by atoms with Crippen molar-refractivity contribution in [1.82, 2.24) is 0 Å². The largest absolute Gasteiger partial charge is 0.494 e. The van der Waals surface area contributed by atoms with E-state index in [2.05, 4.69) is 10.6 Å². The lowest BCUT2D eigenvalue weighted by atomic mass is 10.2. The first kappa shape index (κ1) is 16.8. The Labute approximate surface area is 138 Å². The molecule has 0 spiro atoms. The molecule has 0 radical (unpaired) electrons. The highest BCUT2D eigenvalue weighted by Crippen LogP contribution is 2.29. The first-order valence-electron chi connectivity index (χ1n) is 6.79. The summed E-state index contributed by atoms with van der Waals surface area (Å²) < 4.78 is 5.24. The van der Waals surface area contributed by atoms with Crippen molar-refractivity contribution in [2.45, 2.75) is 0 Å². The van der Waals surface area contributed by atoms with Gasteiger partial charge in [-0.3, -0.25) is 9.59 Å². The molecule has 2 aromatic carbocycles. The van der Waals surface area contributed by atoms with E-state index >= 15 is 0 Å². The molecule has 7 heteroatoms. The number of methoxy groups -OCH3 is 1. The molecule has 2 rings (SSSR count). The summed E-state index contributed by atoms with van der Waals surface area (Å²) in [5.74, 6) is -0.271. The van der Waals surface area contributed by atoms with Gasteiger partial charge in [-0.2, -0.15) is 0 Å². The predicted octanol–water partition coefficient (Wildman–Crippen LogP) is 2.50. The van der Waals surface area contributed by atoms with Gasteiger partial charge in [0.2, 0.25) is 5.91 Å². The van der Waals surface area contributed by atoms with Crippen LogP contribution in [0.5, 0.6) is 5.75 Å². The van der Waals surface area contributed by atoms with Crippen molar-refractivity contribution in [2.24, 2.45) is 5.73 Å². The lowest BCUT2D eigenvalue weighted by Gasteiger charge is -2.13. The predicted molar refractivity (Wildman–Crippen MR) is 90.1 cm³/mol. The van der Waals surface area contributed by atoms with Crippen molar-refractivity contribution in [3.8, 4) is 5.75 Å². The number of carbonyl (C=O) groups is 2. The number of nitrogens with two attached hydrogens (primary N) is 1. The summed E-state index contributed by atoms with van der Waals surface area (Å²) in [6.07, 6.45) is 0. The second-order valence-electron chi connectivity index (χ2n) is 4.60. The highest BCUT2D eigenvalue weighted by atomic mass is 35.5. The number of carbonyl (C=O) groups excluding carboxylic acids is 2. The third kappa shape index (κ3) is 4.21. The molecular formula is C16H16ClN3O3. The Hall–Kier alpha value is -2.57. The summed E-state index contributed by atoms with van der Waals surface area (Å²) in [5, 5.41) is 5.69. The van der Waals surface area contributed by atoms with Crippen molar-refractivity contribution in [3.63, 3.8) is 0 Å². The normalized spacial score (nSPS) is 10.0. The van der Waals surface area contributed by atoms with Gasteiger partial charge in [0.25, 0.3) is 5.91 Å². The van der Waals surface area contributed by atoms with E-state index in [0.29, 0.717) is 27.7 Å². The minimum atomic E-state index is -0.354. The number of hydrogen-bond acceptors (Lipinski definition) is 4. The van der Waals surface area contributed by atoms with Gasteiger partial charge in [0.15, 0.2) is 0 Å². The molecule has 0 saturated heterocycles. The third-order valence-electron chi connectivity index (χ3n) is 3.04. The van der Waals surface area contributed by atoms with Crippen LogP contribution in [0.1, 0.15) is 10.4 Å². The number of ether oxygens (including phenoxy) is 1. The number of hydrogen-bond donors (Lipinski definition) is 3. The Morgan fingerprint density at radius 3 is 2.57 bits per heavy atom. The van der Waals surface area contributed by atoms with Crippen molar-refractivity contribution in [3.05, 3.63) is 53.1 Å². The fourth-order valence-electron chi connectivity index (χ4n) is 1.92. The monoisotopic (exact) mass is 333 g/mol. The molecule has 0 saturated carbocycles. The molecular weight excluding hydrogens is 318 g/mol. The summed E-state index contributed by atoms with van der Waals surface area (Å²) in [6, 6.07) is 11.6. The topological polar surface area (TPSA) is 93.4 Å². The Morgan fingerprint density at radius 1 is 1.17 bits per heavy atom. The molecule has 0 bridgehead atoms. The lowest BCUT2D eigenvalue weighted by Crippen LogP contribution is -2.21. The molecule has 0 aromatic heterocycles. The first-order chi connectivity index (χ1) is 11.0. The van der Waals surface area contributed by atoms with Crippen LogP contribution in [0.4, 0.5) is 11.4 Å². The molecule has 0 fully saturated rings. The number of amides is 2. The Balaban J connectivity index is 2.21. The van der Waals surface area contributed by atoms with E-state index in [1.807, 2.05) is 0 Å². The van der Waals surface area contributed by atoms with Crippen LogP contribution >= 0.6 is 11.6 Å². The van der Waals surface area contributed by atoms with Crippen molar-refractivity contribution in [1.29, 1.82) is 0 Å². The summed E-state index contributed by atoms with van der Waals surface area (Å²) in [7, 11) is 1.47. The standard InChI is InChI=1S/C16H16ClN3O3/c1-23-14-8-10(19-15(21)9-18)6-7-13(14)20-16(22)11-4-2-3-5-12(11)17/h2-8H,9,18H2,1H3,(H,19,21)(H,20,22). The van der Waals surface area contributed by atoms with Gasteiger partial charge < -0.3 is 21.1 Å². The number of rotatable bonds is 5. The molecule has 0 aliphatic rings. The van der Waals surface area contributed by atoms with E-state index in [1.54, 1.807) is 42.5 Å². The molecule has 4 N–H and O–H groups in total. The maximum absolute atomic E-state index is 12.3. The van der Waals surface area contributed by atoms with Crippen molar-refractivity contribution in [2.75, 3.05) is 24.3 Å². The van der Waals surface area contributed by atoms with E-state index in [9.17, 15) is 9.59 Å². The summed E-state index contributed by atoms with van der Waals surface area (Å²) >= 11 is 6.01. The molecule has 120 valence electrons. The lowest BCUT2D eigenvalue weighted by molar-refractivity contribution is -0.114. The number of benzene rings is 2. The van der Waals surface area contributed by atoms with Crippen LogP contribution in [0.2, 0.25) is 5.02 Å². The molecule has 0 heterocycles. The van der Waals surface area contributed by atoms with Gasteiger partial charge >= 0.3 is 0 Å². The van der Waals surface area contributed by atoms with Crippen LogP contribution in [-0.4, -0.2) is 25.5 Å². The number of nitrogens with one attached hydrogen (secondary N) is 2.